The summed E-state index contributed by atoms with van der Waals surface area (Å²) in [6, 6.07) is 12.1. The molecule has 0 heterocycles. The molecule has 2 rings (SSSR count). The van der Waals surface area contributed by atoms with Crippen LogP contribution in [-0.2, 0) is 0 Å². The molecule has 2 aromatic rings. The Kier molecular flexibility index (Phi) is 5.07. The highest BCUT2D eigenvalue weighted by Gasteiger charge is 2.16. The van der Waals surface area contributed by atoms with E-state index in [1.807, 2.05) is 38.1 Å². The van der Waals surface area contributed by atoms with E-state index in [0.29, 0.717) is 0 Å². The van der Waals surface area contributed by atoms with Crippen molar-refractivity contribution in [2.75, 3.05) is 0 Å². The van der Waals surface area contributed by atoms with Crippen LogP contribution in [0.25, 0.3) is 0 Å². The molecule has 0 aliphatic rings. The molecule has 112 valence electrons. The third kappa shape index (κ3) is 3.66. The van der Waals surface area contributed by atoms with Crippen molar-refractivity contribution in [3.63, 3.8) is 0 Å². The first-order chi connectivity index (χ1) is 9.90. The molecule has 0 aromatic heterocycles. The SMILES string of the molecule is Cc1cc(C(N)c2ccccc2OC(C)C)cc(C)c1Br. The van der Waals surface area contributed by atoms with Gasteiger partial charge in [0.25, 0.3) is 0 Å². The molecular weight excluding hydrogens is 326 g/mol. The van der Waals surface area contributed by atoms with Gasteiger partial charge < -0.3 is 10.5 Å². The van der Waals surface area contributed by atoms with Gasteiger partial charge in [-0.25, -0.2) is 0 Å². The van der Waals surface area contributed by atoms with Gasteiger partial charge >= 0.3 is 0 Å². The standard InChI is InChI=1S/C18H22BrNO/c1-11(2)21-16-8-6-5-7-15(16)18(20)14-9-12(3)17(19)13(4)10-14/h5-11,18H,20H2,1-4H3. The first kappa shape index (κ1) is 16.1. The van der Waals surface area contributed by atoms with E-state index in [1.165, 1.54) is 11.1 Å². The van der Waals surface area contributed by atoms with Crippen molar-refractivity contribution < 1.29 is 4.74 Å². The van der Waals surface area contributed by atoms with Crippen molar-refractivity contribution in [3.05, 3.63) is 63.1 Å². The zero-order valence-electron chi connectivity index (χ0n) is 13.0. The summed E-state index contributed by atoms with van der Waals surface area (Å²) in [6.07, 6.45) is 0.131. The molecule has 0 fully saturated rings. The number of hydrogen-bond donors (Lipinski definition) is 1. The van der Waals surface area contributed by atoms with E-state index in [4.69, 9.17) is 10.5 Å². The van der Waals surface area contributed by atoms with Gasteiger partial charge in [0.2, 0.25) is 0 Å². The number of ether oxygens (including phenoxy) is 1. The Hall–Kier alpha value is -1.32. The Balaban J connectivity index is 2.43. The first-order valence-electron chi connectivity index (χ1n) is 7.18. The average Bonchev–Trinajstić information content (AvgIpc) is 2.43. The Morgan fingerprint density at radius 2 is 1.62 bits per heavy atom. The van der Waals surface area contributed by atoms with Gasteiger partial charge in [-0.3, -0.25) is 0 Å². The number of aryl methyl sites for hydroxylation is 2. The largest absolute Gasteiger partial charge is 0.491 e. The second-order valence-corrected chi connectivity index (χ2v) is 6.44. The van der Waals surface area contributed by atoms with Crippen LogP contribution < -0.4 is 10.5 Å². The molecule has 0 aliphatic heterocycles. The van der Waals surface area contributed by atoms with Gasteiger partial charge in [-0.1, -0.05) is 46.3 Å². The van der Waals surface area contributed by atoms with Gasteiger partial charge in [0.05, 0.1) is 12.1 Å². The highest BCUT2D eigenvalue weighted by molar-refractivity contribution is 9.10. The Labute approximate surface area is 135 Å². The van der Waals surface area contributed by atoms with Crippen LogP contribution >= 0.6 is 15.9 Å². The molecule has 2 N–H and O–H groups in total. The Morgan fingerprint density at radius 3 is 2.19 bits per heavy atom. The summed E-state index contributed by atoms with van der Waals surface area (Å²) >= 11 is 3.60. The van der Waals surface area contributed by atoms with E-state index in [-0.39, 0.29) is 12.1 Å². The number of hydrogen-bond acceptors (Lipinski definition) is 2. The molecule has 0 saturated carbocycles. The van der Waals surface area contributed by atoms with Crippen molar-refractivity contribution in [1.82, 2.24) is 0 Å². The number of halogens is 1. The van der Waals surface area contributed by atoms with Crippen LogP contribution in [0.15, 0.2) is 40.9 Å². The van der Waals surface area contributed by atoms with E-state index < -0.39 is 0 Å². The predicted octanol–water partition coefficient (Wildman–Crippen LogP) is 4.90. The van der Waals surface area contributed by atoms with E-state index in [1.54, 1.807) is 0 Å². The second-order valence-electron chi connectivity index (χ2n) is 5.65. The smallest absolute Gasteiger partial charge is 0.124 e. The monoisotopic (exact) mass is 347 g/mol. The molecule has 1 atom stereocenters. The summed E-state index contributed by atoms with van der Waals surface area (Å²) in [5.41, 5.74) is 11.0. The predicted molar refractivity (Wildman–Crippen MR) is 91.9 cm³/mol. The van der Waals surface area contributed by atoms with Crippen molar-refractivity contribution in [3.8, 4) is 5.75 Å². The van der Waals surface area contributed by atoms with Crippen LogP contribution in [0.4, 0.5) is 0 Å². The van der Waals surface area contributed by atoms with Gasteiger partial charge in [-0.2, -0.15) is 0 Å². The molecule has 0 amide bonds. The summed E-state index contributed by atoms with van der Waals surface area (Å²) in [4.78, 5) is 0. The average molecular weight is 348 g/mol. The van der Waals surface area contributed by atoms with E-state index in [9.17, 15) is 0 Å². The molecular formula is C18H22BrNO. The van der Waals surface area contributed by atoms with Crippen molar-refractivity contribution >= 4 is 15.9 Å². The van der Waals surface area contributed by atoms with Crippen LogP contribution in [-0.4, -0.2) is 6.10 Å². The quantitative estimate of drug-likeness (QED) is 0.853. The van der Waals surface area contributed by atoms with Crippen LogP contribution in [0.3, 0.4) is 0 Å². The highest BCUT2D eigenvalue weighted by Crippen LogP contribution is 2.32. The second kappa shape index (κ2) is 6.63. The minimum atomic E-state index is -0.189. The van der Waals surface area contributed by atoms with Crippen molar-refractivity contribution in [1.29, 1.82) is 0 Å². The fourth-order valence-corrected chi connectivity index (χ4v) is 2.67. The van der Waals surface area contributed by atoms with Crippen LogP contribution in [0.1, 0.15) is 42.1 Å². The zero-order chi connectivity index (χ0) is 15.6. The van der Waals surface area contributed by atoms with E-state index in [0.717, 1.165) is 21.3 Å². The lowest BCUT2D eigenvalue weighted by molar-refractivity contribution is 0.239. The minimum Gasteiger partial charge on any atom is -0.491 e. The van der Waals surface area contributed by atoms with Crippen molar-refractivity contribution in [2.24, 2.45) is 5.73 Å². The van der Waals surface area contributed by atoms with Gasteiger partial charge in [-0.15, -0.1) is 0 Å². The number of nitrogens with two attached hydrogens (primary N) is 1. The molecule has 0 radical (unpaired) electrons. The third-order valence-corrected chi connectivity index (χ3v) is 4.69. The van der Waals surface area contributed by atoms with Crippen LogP contribution in [0.5, 0.6) is 5.75 Å². The number of rotatable bonds is 4. The molecule has 0 saturated heterocycles. The molecule has 0 spiro atoms. The minimum absolute atomic E-state index is 0.131. The molecule has 0 bridgehead atoms. The topological polar surface area (TPSA) is 35.2 Å². The molecule has 2 aromatic carbocycles. The van der Waals surface area contributed by atoms with Crippen LogP contribution in [0.2, 0.25) is 0 Å². The summed E-state index contributed by atoms with van der Waals surface area (Å²) in [5.74, 6) is 0.859. The highest BCUT2D eigenvalue weighted by atomic mass is 79.9. The lowest BCUT2D eigenvalue weighted by Crippen LogP contribution is -2.16. The van der Waals surface area contributed by atoms with Gasteiger partial charge in [0.15, 0.2) is 0 Å². The maximum atomic E-state index is 6.49. The van der Waals surface area contributed by atoms with Gasteiger partial charge in [0, 0.05) is 10.0 Å². The Bertz CT molecular complexity index is 614. The molecule has 3 heteroatoms. The lowest BCUT2D eigenvalue weighted by atomic mass is 9.95. The normalized spacial score (nSPS) is 12.5. The third-order valence-electron chi connectivity index (χ3n) is 3.43. The van der Waals surface area contributed by atoms with Crippen LogP contribution in [0, 0.1) is 13.8 Å². The lowest BCUT2D eigenvalue weighted by Gasteiger charge is -2.20. The number of para-hydroxylation sites is 1. The molecule has 1 unspecified atom stereocenters. The maximum Gasteiger partial charge on any atom is 0.124 e. The molecule has 21 heavy (non-hydrogen) atoms. The molecule has 0 aliphatic carbocycles. The summed E-state index contributed by atoms with van der Waals surface area (Å²) in [5, 5.41) is 0. The number of benzene rings is 2. The fraction of sp³-hybridized carbons (Fsp3) is 0.333. The zero-order valence-corrected chi connectivity index (χ0v) is 14.6. The van der Waals surface area contributed by atoms with E-state index >= 15 is 0 Å². The van der Waals surface area contributed by atoms with Crippen molar-refractivity contribution in [2.45, 2.75) is 39.8 Å². The summed E-state index contributed by atoms with van der Waals surface area (Å²) in [7, 11) is 0. The molecule has 2 nitrogen and oxygen atoms in total. The van der Waals surface area contributed by atoms with E-state index in [2.05, 4.69) is 41.9 Å². The maximum absolute atomic E-state index is 6.49. The van der Waals surface area contributed by atoms with Gasteiger partial charge in [0.1, 0.15) is 5.75 Å². The summed E-state index contributed by atoms with van der Waals surface area (Å²) < 4.78 is 7.03. The first-order valence-corrected chi connectivity index (χ1v) is 7.97. The fourth-order valence-electron chi connectivity index (χ4n) is 2.44. The Morgan fingerprint density at radius 1 is 1.05 bits per heavy atom. The summed E-state index contributed by atoms with van der Waals surface area (Å²) in [6.45, 7) is 8.22. The van der Waals surface area contributed by atoms with Gasteiger partial charge in [-0.05, 0) is 50.5 Å².